The molecule has 0 aliphatic rings. The van der Waals surface area contributed by atoms with E-state index in [0.29, 0.717) is 10.9 Å². The van der Waals surface area contributed by atoms with E-state index >= 15 is 0 Å². The van der Waals surface area contributed by atoms with E-state index in [9.17, 15) is 13.2 Å². The zero-order valence-corrected chi connectivity index (χ0v) is 10.3. The fraction of sp³-hybridized carbons (Fsp3) is 0.182. The summed E-state index contributed by atoms with van der Waals surface area (Å²) >= 11 is 0. The molecule has 0 fully saturated rings. The Morgan fingerprint density at radius 1 is 1.39 bits per heavy atom. The van der Waals surface area contributed by atoms with Crippen LogP contribution in [0.3, 0.4) is 0 Å². The molecule has 1 aromatic carbocycles. The summed E-state index contributed by atoms with van der Waals surface area (Å²) in [4.78, 5) is 11.2. The van der Waals surface area contributed by atoms with Crippen LogP contribution in [0.5, 0.6) is 0 Å². The Bertz CT molecular complexity index is 701. The number of hydrogen-bond donors (Lipinski definition) is 1. The summed E-state index contributed by atoms with van der Waals surface area (Å²) in [5.41, 5.74) is 0.770. The van der Waals surface area contributed by atoms with Gasteiger partial charge in [0.25, 0.3) is 10.1 Å². The molecule has 1 heterocycles. The third kappa shape index (κ3) is 2.52. The van der Waals surface area contributed by atoms with Gasteiger partial charge in [0, 0.05) is 5.39 Å². The van der Waals surface area contributed by atoms with Crippen molar-refractivity contribution in [2.45, 2.75) is 6.61 Å². The van der Waals surface area contributed by atoms with Crippen molar-refractivity contribution in [1.82, 2.24) is 4.57 Å². The lowest BCUT2D eigenvalue weighted by Gasteiger charge is -2.04. The van der Waals surface area contributed by atoms with Crippen LogP contribution in [0.15, 0.2) is 30.3 Å². The van der Waals surface area contributed by atoms with Crippen molar-refractivity contribution in [2.75, 3.05) is 6.26 Å². The Hall–Kier alpha value is -1.86. The van der Waals surface area contributed by atoms with Crippen molar-refractivity contribution < 1.29 is 22.5 Å². The number of carboxylic acid groups (broad SMARTS) is 1. The van der Waals surface area contributed by atoms with E-state index in [-0.39, 0.29) is 12.3 Å². The second-order valence-corrected chi connectivity index (χ2v) is 5.42. The van der Waals surface area contributed by atoms with Gasteiger partial charge in [-0.1, -0.05) is 18.2 Å². The molecule has 1 N–H and O–H groups in total. The first kappa shape index (κ1) is 12.6. The van der Waals surface area contributed by atoms with Crippen LogP contribution >= 0.6 is 0 Å². The van der Waals surface area contributed by atoms with Crippen LogP contribution in [-0.2, 0) is 20.9 Å². The minimum absolute atomic E-state index is 0.272. The molecule has 0 amide bonds. The highest BCUT2D eigenvalue weighted by Crippen LogP contribution is 2.20. The molecule has 6 nitrogen and oxygen atoms in total. The van der Waals surface area contributed by atoms with Crippen molar-refractivity contribution in [3.8, 4) is 0 Å². The van der Waals surface area contributed by atoms with Crippen molar-refractivity contribution in [3.05, 3.63) is 36.0 Å². The minimum atomic E-state index is -3.61. The molecule has 1 aromatic heterocycles. The summed E-state index contributed by atoms with van der Waals surface area (Å²) in [6.07, 6.45) is -0.260. The molecule has 0 spiro atoms. The number of benzene rings is 1. The summed E-state index contributed by atoms with van der Waals surface area (Å²) in [5.74, 6) is 0. The van der Waals surface area contributed by atoms with Gasteiger partial charge in [0.15, 0.2) is 0 Å². The molecule has 0 atom stereocenters. The third-order valence-corrected chi connectivity index (χ3v) is 2.95. The molecule has 0 saturated heterocycles. The van der Waals surface area contributed by atoms with Gasteiger partial charge in [-0.25, -0.2) is 9.36 Å². The first-order chi connectivity index (χ1) is 8.38. The van der Waals surface area contributed by atoms with Crippen LogP contribution in [0.2, 0.25) is 0 Å². The highest BCUT2D eigenvalue weighted by Gasteiger charge is 2.15. The average molecular weight is 269 g/mol. The van der Waals surface area contributed by atoms with Crippen molar-refractivity contribution in [1.29, 1.82) is 0 Å². The van der Waals surface area contributed by atoms with Crippen molar-refractivity contribution in [3.63, 3.8) is 0 Å². The lowest BCUT2D eigenvalue weighted by Crippen LogP contribution is -2.13. The van der Waals surface area contributed by atoms with Crippen LogP contribution in [0.4, 0.5) is 4.79 Å². The molecule has 0 aliphatic carbocycles. The predicted octanol–water partition coefficient (Wildman–Crippen LogP) is 1.64. The monoisotopic (exact) mass is 269 g/mol. The molecule has 2 rings (SSSR count). The highest BCUT2D eigenvalue weighted by atomic mass is 32.2. The molecular weight excluding hydrogens is 258 g/mol. The summed E-state index contributed by atoms with van der Waals surface area (Å²) in [7, 11) is -3.61. The summed E-state index contributed by atoms with van der Waals surface area (Å²) < 4.78 is 27.5. The number of carbonyl (C=O) groups is 1. The van der Waals surface area contributed by atoms with Crippen LogP contribution in [-0.4, -0.2) is 30.4 Å². The number of fused-ring (bicyclic) bond motifs is 1. The standard InChI is InChI=1S/C11H11NO5S/c1-18(15,16)17-7-9-6-8-4-2-3-5-10(8)12(9)11(13)14/h2-6H,7H2,1H3,(H,13,14). The number of hydrogen-bond acceptors (Lipinski definition) is 4. The van der Waals surface area contributed by atoms with E-state index in [1.54, 1.807) is 30.3 Å². The number of aromatic nitrogens is 1. The van der Waals surface area contributed by atoms with Crippen LogP contribution in [0, 0.1) is 0 Å². The number of rotatable bonds is 3. The maximum Gasteiger partial charge on any atom is 0.416 e. The molecule has 7 heteroatoms. The van der Waals surface area contributed by atoms with E-state index in [2.05, 4.69) is 4.18 Å². The normalized spacial score (nSPS) is 11.8. The fourth-order valence-corrected chi connectivity index (χ4v) is 2.05. The Morgan fingerprint density at radius 3 is 2.67 bits per heavy atom. The van der Waals surface area contributed by atoms with E-state index in [1.807, 2.05) is 0 Å². The lowest BCUT2D eigenvalue weighted by atomic mass is 10.2. The molecule has 0 saturated carbocycles. The Kier molecular flexibility index (Phi) is 3.10. The van der Waals surface area contributed by atoms with Gasteiger partial charge in [0.1, 0.15) is 6.61 Å². The molecule has 0 radical (unpaired) electrons. The van der Waals surface area contributed by atoms with Crippen molar-refractivity contribution in [2.24, 2.45) is 0 Å². The van der Waals surface area contributed by atoms with Crippen LogP contribution < -0.4 is 0 Å². The van der Waals surface area contributed by atoms with Crippen LogP contribution in [0.25, 0.3) is 10.9 Å². The quantitative estimate of drug-likeness (QED) is 0.856. The topological polar surface area (TPSA) is 85.6 Å². The molecule has 0 aliphatic heterocycles. The molecule has 2 aromatic rings. The number of nitrogens with zero attached hydrogens (tertiary/aromatic N) is 1. The largest absolute Gasteiger partial charge is 0.464 e. The fourth-order valence-electron chi connectivity index (χ4n) is 1.71. The first-order valence-electron chi connectivity index (χ1n) is 5.05. The Labute approximate surface area is 104 Å². The molecule has 0 bridgehead atoms. The number of para-hydroxylation sites is 1. The van der Waals surface area contributed by atoms with Gasteiger partial charge in [-0.2, -0.15) is 8.42 Å². The van der Waals surface area contributed by atoms with E-state index in [1.165, 1.54) is 0 Å². The zero-order chi connectivity index (χ0) is 13.3. The van der Waals surface area contributed by atoms with E-state index in [4.69, 9.17) is 5.11 Å². The molecule has 0 unspecified atom stereocenters. The summed E-state index contributed by atoms with van der Waals surface area (Å²) in [5, 5.41) is 9.85. The summed E-state index contributed by atoms with van der Waals surface area (Å²) in [6, 6.07) is 8.47. The third-order valence-electron chi connectivity index (χ3n) is 2.40. The maximum atomic E-state index is 11.2. The summed E-state index contributed by atoms with van der Waals surface area (Å²) in [6.45, 7) is -0.306. The Balaban J connectivity index is 2.49. The second kappa shape index (κ2) is 4.43. The van der Waals surface area contributed by atoms with Gasteiger partial charge in [0.2, 0.25) is 0 Å². The van der Waals surface area contributed by atoms with Gasteiger partial charge >= 0.3 is 6.09 Å². The average Bonchev–Trinajstić information content (AvgIpc) is 2.63. The highest BCUT2D eigenvalue weighted by molar-refractivity contribution is 7.85. The molecular formula is C11H11NO5S. The molecule has 96 valence electrons. The first-order valence-corrected chi connectivity index (χ1v) is 6.87. The minimum Gasteiger partial charge on any atom is -0.464 e. The predicted molar refractivity (Wildman–Crippen MR) is 65.0 cm³/mol. The van der Waals surface area contributed by atoms with Gasteiger partial charge in [-0.3, -0.25) is 4.18 Å². The van der Waals surface area contributed by atoms with E-state index < -0.39 is 16.2 Å². The van der Waals surface area contributed by atoms with Crippen molar-refractivity contribution >= 4 is 27.1 Å². The van der Waals surface area contributed by atoms with E-state index in [0.717, 1.165) is 10.8 Å². The lowest BCUT2D eigenvalue weighted by molar-refractivity contribution is 0.194. The molecule has 18 heavy (non-hydrogen) atoms. The van der Waals surface area contributed by atoms with Crippen LogP contribution in [0.1, 0.15) is 5.69 Å². The zero-order valence-electron chi connectivity index (χ0n) is 9.53. The van der Waals surface area contributed by atoms with Gasteiger partial charge in [-0.15, -0.1) is 0 Å². The Morgan fingerprint density at radius 2 is 2.06 bits per heavy atom. The van der Waals surface area contributed by atoms with Gasteiger partial charge < -0.3 is 5.11 Å². The second-order valence-electron chi connectivity index (χ2n) is 3.78. The SMILES string of the molecule is CS(=O)(=O)OCc1cc2ccccc2n1C(=O)O. The van der Waals surface area contributed by atoms with Gasteiger partial charge in [0.05, 0.1) is 17.5 Å². The maximum absolute atomic E-state index is 11.2. The van der Waals surface area contributed by atoms with Gasteiger partial charge in [-0.05, 0) is 12.1 Å². The smallest absolute Gasteiger partial charge is 0.416 e.